The van der Waals surface area contributed by atoms with E-state index in [9.17, 15) is 9.59 Å². The van der Waals surface area contributed by atoms with Crippen LogP contribution in [0.3, 0.4) is 0 Å². The Bertz CT molecular complexity index is 506. The summed E-state index contributed by atoms with van der Waals surface area (Å²) >= 11 is 0. The molecule has 19 heavy (non-hydrogen) atoms. The molecule has 0 aliphatic carbocycles. The smallest absolute Gasteiger partial charge is 0.253 e. The molecule has 1 aliphatic rings. The lowest BCUT2D eigenvalue weighted by Crippen LogP contribution is -2.45. The van der Waals surface area contributed by atoms with E-state index in [0.29, 0.717) is 18.7 Å². The Morgan fingerprint density at radius 1 is 1.63 bits per heavy atom. The van der Waals surface area contributed by atoms with Crippen LogP contribution in [0.25, 0.3) is 0 Å². The predicted molar refractivity (Wildman–Crippen MR) is 71.3 cm³/mol. The average molecular weight is 265 g/mol. The summed E-state index contributed by atoms with van der Waals surface area (Å²) in [5.74, 6) is -0.160. The van der Waals surface area contributed by atoms with Gasteiger partial charge >= 0.3 is 0 Å². The molecule has 1 aromatic heterocycles. The average Bonchev–Trinajstić information content (AvgIpc) is 2.42. The zero-order valence-electron chi connectivity index (χ0n) is 11.3. The fourth-order valence-corrected chi connectivity index (χ4v) is 2.03. The van der Waals surface area contributed by atoms with Gasteiger partial charge in [0.1, 0.15) is 0 Å². The predicted octanol–water partition coefficient (Wildman–Crippen LogP) is -0.554. The normalized spacial score (nSPS) is 19.2. The Labute approximate surface area is 112 Å². The first-order valence-electron chi connectivity index (χ1n) is 6.32. The van der Waals surface area contributed by atoms with Crippen LogP contribution >= 0.6 is 0 Å². The Balaban J connectivity index is 2.01. The van der Waals surface area contributed by atoms with Gasteiger partial charge in [-0.3, -0.25) is 9.59 Å². The molecule has 0 bridgehead atoms. The maximum Gasteiger partial charge on any atom is 0.253 e. The molecule has 1 saturated heterocycles. The molecule has 0 aromatic carbocycles. The second-order valence-corrected chi connectivity index (χ2v) is 4.75. The number of amides is 1. The van der Waals surface area contributed by atoms with Gasteiger partial charge in [0.25, 0.3) is 11.5 Å². The van der Waals surface area contributed by atoms with Crippen molar-refractivity contribution < 1.29 is 9.53 Å². The standard InChI is InChI=1S/C13H19N3O3/c1-15-5-3-10(7-12(15)17)13(18)16(2)9-11-8-14-4-6-19-11/h3,5,7,11,14H,4,6,8-9H2,1-2H3. The van der Waals surface area contributed by atoms with Crippen LogP contribution in [0.15, 0.2) is 23.1 Å². The molecule has 0 radical (unpaired) electrons. The van der Waals surface area contributed by atoms with E-state index in [0.717, 1.165) is 13.1 Å². The lowest BCUT2D eigenvalue weighted by Gasteiger charge is -2.28. The summed E-state index contributed by atoms with van der Waals surface area (Å²) in [6, 6.07) is 3.01. The number of nitrogens with one attached hydrogen (secondary N) is 1. The molecule has 1 N–H and O–H groups in total. The van der Waals surface area contributed by atoms with Crippen molar-refractivity contribution in [1.29, 1.82) is 0 Å². The van der Waals surface area contributed by atoms with Gasteiger partial charge in [-0.05, 0) is 6.07 Å². The van der Waals surface area contributed by atoms with Gasteiger partial charge in [-0.15, -0.1) is 0 Å². The van der Waals surface area contributed by atoms with E-state index >= 15 is 0 Å². The van der Waals surface area contributed by atoms with E-state index in [-0.39, 0.29) is 17.6 Å². The number of hydrogen-bond acceptors (Lipinski definition) is 4. The number of hydrogen-bond donors (Lipinski definition) is 1. The Hall–Kier alpha value is -1.66. The Morgan fingerprint density at radius 2 is 2.42 bits per heavy atom. The number of aryl methyl sites for hydroxylation is 1. The number of pyridine rings is 1. The lowest BCUT2D eigenvalue weighted by atomic mass is 10.2. The molecule has 1 fully saturated rings. The van der Waals surface area contributed by atoms with Crippen LogP contribution < -0.4 is 10.9 Å². The molecule has 104 valence electrons. The maximum atomic E-state index is 12.2. The van der Waals surface area contributed by atoms with Crippen LogP contribution in [0, 0.1) is 0 Å². The summed E-state index contributed by atoms with van der Waals surface area (Å²) in [5.41, 5.74) is 0.226. The van der Waals surface area contributed by atoms with Gasteiger partial charge in [0.05, 0.1) is 12.7 Å². The minimum Gasteiger partial charge on any atom is -0.374 e. The number of carbonyl (C=O) groups is 1. The summed E-state index contributed by atoms with van der Waals surface area (Å²) in [4.78, 5) is 25.3. The third-order valence-electron chi connectivity index (χ3n) is 3.18. The van der Waals surface area contributed by atoms with Gasteiger partial charge in [-0.2, -0.15) is 0 Å². The Morgan fingerprint density at radius 3 is 3.05 bits per heavy atom. The molecule has 1 aromatic rings. The molecule has 0 saturated carbocycles. The SMILES string of the molecule is CN(CC1CNCCO1)C(=O)c1ccn(C)c(=O)c1. The van der Waals surface area contributed by atoms with Crippen LogP contribution in [-0.2, 0) is 11.8 Å². The highest BCUT2D eigenvalue weighted by atomic mass is 16.5. The molecule has 2 rings (SSSR count). The third kappa shape index (κ3) is 3.42. The molecular weight excluding hydrogens is 246 g/mol. The van der Waals surface area contributed by atoms with E-state index in [1.807, 2.05) is 0 Å². The third-order valence-corrected chi connectivity index (χ3v) is 3.18. The monoisotopic (exact) mass is 265 g/mol. The number of rotatable bonds is 3. The quantitative estimate of drug-likeness (QED) is 0.796. The summed E-state index contributed by atoms with van der Waals surface area (Å²) < 4.78 is 6.99. The van der Waals surface area contributed by atoms with Crippen LogP contribution in [-0.4, -0.2) is 54.8 Å². The molecule has 6 nitrogen and oxygen atoms in total. The molecule has 0 spiro atoms. The van der Waals surface area contributed by atoms with Gasteiger partial charge in [-0.1, -0.05) is 0 Å². The molecule has 6 heteroatoms. The minimum atomic E-state index is -0.185. The van der Waals surface area contributed by atoms with E-state index in [2.05, 4.69) is 5.32 Å². The summed E-state index contributed by atoms with van der Waals surface area (Å²) in [6.07, 6.45) is 1.61. The molecule has 1 atom stereocenters. The highest BCUT2D eigenvalue weighted by molar-refractivity contribution is 5.93. The number of likely N-dealkylation sites (N-methyl/N-ethyl adjacent to an activating group) is 1. The van der Waals surface area contributed by atoms with Crippen LogP contribution in [0.5, 0.6) is 0 Å². The summed E-state index contributed by atoms with van der Waals surface area (Å²) in [6.45, 7) is 2.77. The highest BCUT2D eigenvalue weighted by Crippen LogP contribution is 2.04. The van der Waals surface area contributed by atoms with Crippen molar-refractivity contribution in [1.82, 2.24) is 14.8 Å². The van der Waals surface area contributed by atoms with Gasteiger partial charge in [0.2, 0.25) is 0 Å². The highest BCUT2D eigenvalue weighted by Gasteiger charge is 2.19. The second-order valence-electron chi connectivity index (χ2n) is 4.75. The zero-order valence-corrected chi connectivity index (χ0v) is 11.3. The molecule has 2 heterocycles. The number of morpholine rings is 1. The van der Waals surface area contributed by atoms with Crippen molar-refractivity contribution in [3.8, 4) is 0 Å². The fourth-order valence-electron chi connectivity index (χ4n) is 2.03. The topological polar surface area (TPSA) is 63.6 Å². The van der Waals surface area contributed by atoms with Gasteiger partial charge in [0.15, 0.2) is 0 Å². The maximum absolute atomic E-state index is 12.2. The van der Waals surface area contributed by atoms with Crippen molar-refractivity contribution >= 4 is 5.91 Å². The van der Waals surface area contributed by atoms with Crippen molar-refractivity contribution in [3.63, 3.8) is 0 Å². The first kappa shape index (κ1) is 13.8. The number of ether oxygens (including phenoxy) is 1. The minimum absolute atomic E-state index is 0.00856. The fraction of sp³-hybridized carbons (Fsp3) is 0.538. The first-order chi connectivity index (χ1) is 9.08. The van der Waals surface area contributed by atoms with Crippen LogP contribution in [0.2, 0.25) is 0 Å². The molecule has 1 amide bonds. The second kappa shape index (κ2) is 5.99. The van der Waals surface area contributed by atoms with Gasteiger partial charge in [-0.25, -0.2) is 0 Å². The van der Waals surface area contributed by atoms with Crippen molar-refractivity contribution in [2.75, 3.05) is 33.3 Å². The summed E-state index contributed by atoms with van der Waals surface area (Å²) in [7, 11) is 3.37. The van der Waals surface area contributed by atoms with Crippen molar-refractivity contribution in [3.05, 3.63) is 34.2 Å². The zero-order chi connectivity index (χ0) is 13.8. The van der Waals surface area contributed by atoms with Crippen molar-refractivity contribution in [2.45, 2.75) is 6.10 Å². The Kier molecular flexibility index (Phi) is 4.34. The van der Waals surface area contributed by atoms with Crippen LogP contribution in [0.1, 0.15) is 10.4 Å². The van der Waals surface area contributed by atoms with Crippen molar-refractivity contribution in [2.24, 2.45) is 7.05 Å². The largest absolute Gasteiger partial charge is 0.374 e. The van der Waals surface area contributed by atoms with E-state index in [1.54, 1.807) is 31.3 Å². The van der Waals surface area contributed by atoms with E-state index in [4.69, 9.17) is 4.74 Å². The van der Waals surface area contributed by atoms with E-state index in [1.165, 1.54) is 10.6 Å². The lowest BCUT2D eigenvalue weighted by molar-refractivity contribution is 0.0104. The van der Waals surface area contributed by atoms with Gasteiger partial charge < -0.3 is 19.5 Å². The van der Waals surface area contributed by atoms with E-state index < -0.39 is 0 Å². The van der Waals surface area contributed by atoms with Crippen LogP contribution in [0.4, 0.5) is 0 Å². The number of nitrogens with zero attached hydrogens (tertiary/aromatic N) is 2. The number of aromatic nitrogens is 1. The molecular formula is C13H19N3O3. The molecule has 1 unspecified atom stereocenters. The summed E-state index contributed by atoms with van der Waals surface area (Å²) in [5, 5.41) is 3.22. The van der Waals surface area contributed by atoms with Gasteiger partial charge in [0, 0.05) is 51.6 Å². The first-order valence-corrected chi connectivity index (χ1v) is 6.32. The molecule has 1 aliphatic heterocycles. The number of carbonyl (C=O) groups excluding carboxylic acids is 1.